The van der Waals surface area contributed by atoms with Crippen molar-refractivity contribution >= 4 is 0 Å². The van der Waals surface area contributed by atoms with Crippen LogP contribution >= 0.6 is 0 Å². The van der Waals surface area contributed by atoms with Crippen LogP contribution in [0, 0.1) is 5.92 Å². The number of ether oxygens (including phenoxy) is 1. The second-order valence-electron chi connectivity index (χ2n) is 3.78. The van der Waals surface area contributed by atoms with Crippen molar-refractivity contribution in [1.29, 1.82) is 0 Å². The van der Waals surface area contributed by atoms with Gasteiger partial charge < -0.3 is 10.5 Å². The summed E-state index contributed by atoms with van der Waals surface area (Å²) in [6.45, 7) is 2.10. The molecule has 0 aromatic heterocycles. The van der Waals surface area contributed by atoms with E-state index in [-0.39, 0.29) is 6.10 Å². The maximum atomic E-state index is 5.83. The van der Waals surface area contributed by atoms with Crippen molar-refractivity contribution < 1.29 is 4.74 Å². The van der Waals surface area contributed by atoms with Gasteiger partial charge in [-0.25, -0.2) is 0 Å². The minimum atomic E-state index is 0.0831. The van der Waals surface area contributed by atoms with Crippen molar-refractivity contribution in [2.24, 2.45) is 11.7 Å². The first-order chi connectivity index (χ1) is 7.25. The van der Waals surface area contributed by atoms with Crippen LogP contribution in [0.25, 0.3) is 0 Å². The fourth-order valence-corrected chi connectivity index (χ4v) is 1.64. The summed E-state index contributed by atoms with van der Waals surface area (Å²) in [5.41, 5.74) is 6.51. The van der Waals surface area contributed by atoms with Gasteiger partial charge in [-0.2, -0.15) is 0 Å². The van der Waals surface area contributed by atoms with Crippen molar-refractivity contribution in [1.82, 2.24) is 0 Å². The number of para-hydroxylation sites is 1. The molecule has 2 rings (SSSR count). The minimum absolute atomic E-state index is 0.0831. The van der Waals surface area contributed by atoms with Gasteiger partial charge in [0.2, 0.25) is 0 Å². The second-order valence-corrected chi connectivity index (χ2v) is 3.78. The summed E-state index contributed by atoms with van der Waals surface area (Å²) in [5, 5.41) is 0. The molecule has 0 spiro atoms. The Balaban J connectivity index is 2.06. The van der Waals surface area contributed by atoms with Gasteiger partial charge in [-0.15, -0.1) is 0 Å². The predicted octanol–water partition coefficient (Wildman–Crippen LogP) is 2.48. The number of hydrogen-bond acceptors (Lipinski definition) is 2. The number of rotatable bonds is 2. The third-order valence-electron chi connectivity index (χ3n) is 2.47. The average Bonchev–Trinajstić information content (AvgIpc) is 2.24. The van der Waals surface area contributed by atoms with Gasteiger partial charge in [0.25, 0.3) is 0 Å². The Hall–Kier alpha value is -1.70. The standard InChI is InChI=1S/C13H15NO/c1-10-9-11(14)7-8-13(10)15-12-5-3-2-4-6-12/h2-10,13H,14H2,1H3. The molecular formula is C13H15NO. The molecule has 1 aliphatic carbocycles. The smallest absolute Gasteiger partial charge is 0.123 e. The van der Waals surface area contributed by atoms with E-state index >= 15 is 0 Å². The van der Waals surface area contributed by atoms with Crippen LogP contribution in [0.15, 0.2) is 54.3 Å². The molecule has 0 saturated heterocycles. The molecule has 0 fully saturated rings. The van der Waals surface area contributed by atoms with Crippen LogP contribution < -0.4 is 10.5 Å². The molecule has 0 bridgehead atoms. The normalized spacial score (nSPS) is 24.7. The van der Waals surface area contributed by atoms with Crippen LogP contribution in [-0.2, 0) is 0 Å². The molecule has 1 aliphatic rings. The molecule has 2 unspecified atom stereocenters. The topological polar surface area (TPSA) is 35.2 Å². The molecular weight excluding hydrogens is 186 g/mol. The zero-order valence-corrected chi connectivity index (χ0v) is 8.76. The molecule has 2 heteroatoms. The Morgan fingerprint density at radius 3 is 2.60 bits per heavy atom. The number of nitrogens with two attached hydrogens (primary N) is 1. The quantitative estimate of drug-likeness (QED) is 0.797. The summed E-state index contributed by atoms with van der Waals surface area (Å²) in [6.07, 6.45) is 6.01. The first-order valence-electron chi connectivity index (χ1n) is 5.13. The fraction of sp³-hybridized carbons (Fsp3) is 0.231. The molecule has 0 aliphatic heterocycles. The van der Waals surface area contributed by atoms with Crippen molar-refractivity contribution in [3.05, 3.63) is 54.3 Å². The Labute approximate surface area is 90.1 Å². The summed E-state index contributed by atoms with van der Waals surface area (Å²) in [7, 11) is 0. The van der Waals surface area contributed by atoms with Crippen molar-refractivity contribution in [2.45, 2.75) is 13.0 Å². The van der Waals surface area contributed by atoms with Gasteiger partial charge in [0.05, 0.1) is 0 Å². The van der Waals surface area contributed by atoms with Crippen LogP contribution in [0.5, 0.6) is 5.75 Å². The van der Waals surface area contributed by atoms with Crippen LogP contribution in [0.2, 0.25) is 0 Å². The summed E-state index contributed by atoms with van der Waals surface area (Å²) in [6, 6.07) is 9.84. The van der Waals surface area contributed by atoms with E-state index in [9.17, 15) is 0 Å². The monoisotopic (exact) mass is 201 g/mol. The number of benzene rings is 1. The third-order valence-corrected chi connectivity index (χ3v) is 2.47. The highest BCUT2D eigenvalue weighted by molar-refractivity contribution is 5.26. The van der Waals surface area contributed by atoms with Crippen molar-refractivity contribution in [2.75, 3.05) is 0 Å². The zero-order chi connectivity index (χ0) is 10.7. The van der Waals surface area contributed by atoms with Crippen LogP contribution in [0.4, 0.5) is 0 Å². The maximum absolute atomic E-state index is 5.83. The van der Waals surface area contributed by atoms with Gasteiger partial charge in [-0.05, 0) is 24.3 Å². The molecule has 2 atom stereocenters. The summed E-state index contributed by atoms with van der Waals surface area (Å²) in [5.74, 6) is 1.21. The average molecular weight is 201 g/mol. The Bertz CT molecular complexity index is 381. The lowest BCUT2D eigenvalue weighted by molar-refractivity contribution is 0.209. The third kappa shape index (κ3) is 2.40. The lowest BCUT2D eigenvalue weighted by Gasteiger charge is -2.23. The Morgan fingerprint density at radius 1 is 1.20 bits per heavy atom. The number of hydrogen-bond donors (Lipinski definition) is 1. The van der Waals surface area contributed by atoms with Gasteiger partial charge in [-0.3, -0.25) is 0 Å². The molecule has 2 N–H and O–H groups in total. The largest absolute Gasteiger partial charge is 0.486 e. The summed E-state index contributed by atoms with van der Waals surface area (Å²) >= 11 is 0. The fourth-order valence-electron chi connectivity index (χ4n) is 1.64. The molecule has 0 saturated carbocycles. The molecule has 0 amide bonds. The zero-order valence-electron chi connectivity index (χ0n) is 8.76. The van der Waals surface area contributed by atoms with Gasteiger partial charge in [-0.1, -0.05) is 31.2 Å². The van der Waals surface area contributed by atoms with E-state index in [1.807, 2.05) is 48.6 Å². The van der Waals surface area contributed by atoms with E-state index in [1.165, 1.54) is 0 Å². The molecule has 1 aromatic rings. The lowest BCUT2D eigenvalue weighted by atomic mass is 9.98. The lowest BCUT2D eigenvalue weighted by Crippen LogP contribution is -2.24. The highest BCUT2D eigenvalue weighted by atomic mass is 16.5. The SMILES string of the molecule is CC1C=C(N)C=CC1Oc1ccccc1. The van der Waals surface area contributed by atoms with E-state index in [0.717, 1.165) is 11.4 Å². The first-order valence-corrected chi connectivity index (χ1v) is 5.13. The molecule has 0 radical (unpaired) electrons. The minimum Gasteiger partial charge on any atom is -0.486 e. The van der Waals surface area contributed by atoms with E-state index in [4.69, 9.17) is 10.5 Å². The van der Waals surface area contributed by atoms with Crippen molar-refractivity contribution in [3.63, 3.8) is 0 Å². The first kappa shape index (κ1) is 9.84. The van der Waals surface area contributed by atoms with E-state index in [2.05, 4.69) is 6.92 Å². The van der Waals surface area contributed by atoms with Crippen LogP contribution in [0.3, 0.4) is 0 Å². The second kappa shape index (κ2) is 4.22. The van der Waals surface area contributed by atoms with Gasteiger partial charge >= 0.3 is 0 Å². The summed E-state index contributed by atoms with van der Waals surface area (Å²) < 4.78 is 5.83. The highest BCUT2D eigenvalue weighted by Crippen LogP contribution is 2.20. The predicted molar refractivity (Wildman–Crippen MR) is 61.4 cm³/mol. The molecule has 0 heterocycles. The molecule has 2 nitrogen and oxygen atoms in total. The van der Waals surface area contributed by atoms with E-state index < -0.39 is 0 Å². The van der Waals surface area contributed by atoms with E-state index in [1.54, 1.807) is 0 Å². The number of allylic oxidation sites excluding steroid dienone is 1. The van der Waals surface area contributed by atoms with Gasteiger partial charge in [0.1, 0.15) is 11.9 Å². The molecule has 1 aromatic carbocycles. The van der Waals surface area contributed by atoms with Crippen LogP contribution in [-0.4, -0.2) is 6.10 Å². The highest BCUT2D eigenvalue weighted by Gasteiger charge is 2.17. The maximum Gasteiger partial charge on any atom is 0.123 e. The van der Waals surface area contributed by atoms with Gasteiger partial charge in [0, 0.05) is 11.6 Å². The van der Waals surface area contributed by atoms with Gasteiger partial charge in [0.15, 0.2) is 0 Å². The van der Waals surface area contributed by atoms with Crippen molar-refractivity contribution in [3.8, 4) is 5.75 Å². The Kier molecular flexibility index (Phi) is 2.77. The molecule has 15 heavy (non-hydrogen) atoms. The molecule has 78 valence electrons. The van der Waals surface area contributed by atoms with E-state index in [0.29, 0.717) is 5.92 Å². The summed E-state index contributed by atoms with van der Waals surface area (Å²) in [4.78, 5) is 0. The Morgan fingerprint density at radius 2 is 1.93 bits per heavy atom. The van der Waals surface area contributed by atoms with Crippen LogP contribution in [0.1, 0.15) is 6.92 Å².